The Morgan fingerprint density at radius 1 is 1.00 bits per heavy atom. The largest absolute Gasteiger partial charge is 0.324 e. The van der Waals surface area contributed by atoms with E-state index in [1.807, 2.05) is 0 Å². The van der Waals surface area contributed by atoms with Crippen molar-refractivity contribution in [2.45, 2.75) is 17.4 Å². The second-order valence-electron chi connectivity index (χ2n) is 6.61. The number of rotatable bonds is 8. The lowest BCUT2D eigenvalue weighted by molar-refractivity contribution is -0.384. The summed E-state index contributed by atoms with van der Waals surface area (Å²) in [5.74, 6) is -1.29. The van der Waals surface area contributed by atoms with Crippen LogP contribution < -0.4 is 10.0 Å². The van der Waals surface area contributed by atoms with Gasteiger partial charge in [-0.3, -0.25) is 14.9 Å². The second kappa shape index (κ2) is 9.45. The molecule has 0 spiro atoms. The molecule has 31 heavy (non-hydrogen) atoms. The van der Waals surface area contributed by atoms with Crippen molar-refractivity contribution in [1.82, 2.24) is 4.72 Å². The Kier molecular flexibility index (Phi) is 6.73. The highest BCUT2D eigenvalue weighted by Gasteiger charge is 2.26. The van der Waals surface area contributed by atoms with Crippen LogP contribution in [0.2, 0.25) is 0 Å². The average Bonchev–Trinajstić information content (AvgIpc) is 2.74. The molecule has 160 valence electrons. The van der Waals surface area contributed by atoms with E-state index in [1.165, 1.54) is 24.3 Å². The number of nitro groups is 1. The Hall–Kier alpha value is -3.63. The Bertz CT molecular complexity index is 1190. The van der Waals surface area contributed by atoms with Crippen molar-refractivity contribution in [3.05, 3.63) is 100 Å². The number of nitrogens with zero attached hydrogens (tertiary/aromatic N) is 1. The third-order valence-electron chi connectivity index (χ3n) is 4.34. The van der Waals surface area contributed by atoms with Crippen LogP contribution in [-0.2, 0) is 21.2 Å². The fourth-order valence-electron chi connectivity index (χ4n) is 2.83. The van der Waals surface area contributed by atoms with Gasteiger partial charge in [-0.05, 0) is 42.3 Å². The molecule has 0 bridgehead atoms. The predicted molar refractivity (Wildman–Crippen MR) is 112 cm³/mol. The molecule has 1 atom stereocenters. The third kappa shape index (κ3) is 5.93. The number of nitro benzene ring substituents is 1. The number of hydrogen-bond acceptors (Lipinski definition) is 5. The van der Waals surface area contributed by atoms with Crippen molar-refractivity contribution in [2.75, 3.05) is 5.32 Å². The summed E-state index contributed by atoms with van der Waals surface area (Å²) in [6.45, 7) is 0. The summed E-state index contributed by atoms with van der Waals surface area (Å²) in [4.78, 5) is 23.0. The van der Waals surface area contributed by atoms with Gasteiger partial charge in [-0.25, -0.2) is 12.8 Å². The van der Waals surface area contributed by atoms with Gasteiger partial charge in [0.1, 0.15) is 11.9 Å². The fourth-order valence-corrected chi connectivity index (χ4v) is 4.03. The number of halogens is 1. The van der Waals surface area contributed by atoms with Crippen molar-refractivity contribution < 1.29 is 22.5 Å². The van der Waals surface area contributed by atoms with Gasteiger partial charge < -0.3 is 5.32 Å². The standard InChI is InChI=1S/C21H18FN3O5S/c22-16-9-11-19(12-10-16)31(29,30)24-20(13-15-5-2-1-3-6-15)21(26)23-17-7-4-8-18(14-17)25(27)28/h1-12,14,20,24H,13H2,(H,23,26)/t20-/m1/s1. The van der Waals surface area contributed by atoms with Gasteiger partial charge in [0.25, 0.3) is 5.69 Å². The normalized spacial score (nSPS) is 12.2. The zero-order valence-corrected chi connectivity index (χ0v) is 16.9. The monoisotopic (exact) mass is 443 g/mol. The van der Waals surface area contributed by atoms with Crippen LogP contribution in [0.3, 0.4) is 0 Å². The number of benzene rings is 3. The topological polar surface area (TPSA) is 118 Å². The van der Waals surface area contributed by atoms with Gasteiger partial charge in [0.05, 0.1) is 9.82 Å². The zero-order valence-electron chi connectivity index (χ0n) is 16.1. The molecule has 0 heterocycles. The van der Waals surface area contributed by atoms with Crippen molar-refractivity contribution in [2.24, 2.45) is 0 Å². The summed E-state index contributed by atoms with van der Waals surface area (Å²) in [5, 5.41) is 13.5. The van der Waals surface area contributed by atoms with Crippen molar-refractivity contribution in [3.63, 3.8) is 0 Å². The van der Waals surface area contributed by atoms with E-state index < -0.39 is 32.7 Å². The third-order valence-corrected chi connectivity index (χ3v) is 5.83. The van der Waals surface area contributed by atoms with Gasteiger partial charge in [-0.1, -0.05) is 36.4 Å². The number of carbonyl (C=O) groups excluding carboxylic acids is 1. The molecule has 0 aliphatic rings. The molecule has 8 nitrogen and oxygen atoms in total. The molecule has 3 aromatic rings. The van der Waals surface area contributed by atoms with Gasteiger partial charge in [-0.15, -0.1) is 0 Å². The van der Waals surface area contributed by atoms with E-state index in [2.05, 4.69) is 10.0 Å². The SMILES string of the molecule is O=C(Nc1cccc([N+](=O)[O-])c1)[C@@H](Cc1ccccc1)NS(=O)(=O)c1ccc(F)cc1. The molecule has 0 radical (unpaired) electrons. The predicted octanol–water partition coefficient (Wildman–Crippen LogP) is 3.26. The molecule has 10 heteroatoms. The van der Waals surface area contributed by atoms with Gasteiger partial charge >= 0.3 is 0 Å². The quantitative estimate of drug-likeness (QED) is 0.409. The molecule has 0 aliphatic carbocycles. The lowest BCUT2D eigenvalue weighted by Gasteiger charge is -2.19. The van der Waals surface area contributed by atoms with Crippen LogP contribution in [0.1, 0.15) is 5.56 Å². The van der Waals surface area contributed by atoms with E-state index in [4.69, 9.17) is 0 Å². The molecule has 3 aromatic carbocycles. The summed E-state index contributed by atoms with van der Waals surface area (Å²) >= 11 is 0. The first-order chi connectivity index (χ1) is 14.7. The Morgan fingerprint density at radius 2 is 1.68 bits per heavy atom. The fraction of sp³-hybridized carbons (Fsp3) is 0.0952. The summed E-state index contributed by atoms with van der Waals surface area (Å²) in [7, 11) is -4.14. The molecule has 1 amide bonds. The molecule has 0 aromatic heterocycles. The van der Waals surface area contributed by atoms with Crippen LogP contribution in [0.25, 0.3) is 0 Å². The average molecular weight is 443 g/mol. The van der Waals surface area contributed by atoms with E-state index in [9.17, 15) is 27.7 Å². The Labute approximate surface area is 177 Å². The Morgan fingerprint density at radius 3 is 2.32 bits per heavy atom. The first-order valence-corrected chi connectivity index (χ1v) is 10.6. The minimum atomic E-state index is -4.14. The molecular formula is C21H18FN3O5S. The lowest BCUT2D eigenvalue weighted by Crippen LogP contribution is -2.45. The van der Waals surface area contributed by atoms with E-state index in [0.717, 1.165) is 24.3 Å². The number of anilines is 1. The van der Waals surface area contributed by atoms with Crippen LogP contribution in [0.15, 0.2) is 83.8 Å². The van der Waals surface area contributed by atoms with E-state index in [1.54, 1.807) is 30.3 Å². The maximum absolute atomic E-state index is 13.2. The second-order valence-corrected chi connectivity index (χ2v) is 8.33. The van der Waals surface area contributed by atoms with Gasteiger partial charge in [0.2, 0.25) is 15.9 Å². The van der Waals surface area contributed by atoms with Crippen molar-refractivity contribution in [3.8, 4) is 0 Å². The summed E-state index contributed by atoms with van der Waals surface area (Å²) in [6.07, 6.45) is 0.0298. The highest BCUT2D eigenvalue weighted by atomic mass is 32.2. The van der Waals surface area contributed by atoms with Crippen LogP contribution in [0.5, 0.6) is 0 Å². The highest BCUT2D eigenvalue weighted by Crippen LogP contribution is 2.18. The lowest BCUT2D eigenvalue weighted by atomic mass is 10.1. The number of non-ortho nitro benzene ring substituents is 1. The molecule has 0 saturated carbocycles. The van der Waals surface area contributed by atoms with Crippen LogP contribution in [-0.4, -0.2) is 25.3 Å². The van der Waals surface area contributed by atoms with Gasteiger partial charge in [0, 0.05) is 17.8 Å². The number of sulfonamides is 1. The number of carbonyl (C=O) groups is 1. The first-order valence-electron chi connectivity index (χ1n) is 9.12. The number of amides is 1. The highest BCUT2D eigenvalue weighted by molar-refractivity contribution is 7.89. The van der Waals surface area contributed by atoms with Gasteiger partial charge in [0.15, 0.2) is 0 Å². The van der Waals surface area contributed by atoms with E-state index in [0.29, 0.717) is 5.56 Å². The number of hydrogen-bond donors (Lipinski definition) is 2. The van der Waals surface area contributed by atoms with Crippen LogP contribution in [0, 0.1) is 15.9 Å². The first kappa shape index (κ1) is 22.1. The molecule has 3 rings (SSSR count). The molecule has 0 fully saturated rings. The summed E-state index contributed by atoms with van der Waals surface area (Å²) in [5.41, 5.74) is 0.631. The van der Waals surface area contributed by atoms with Crippen LogP contribution >= 0.6 is 0 Å². The van der Waals surface area contributed by atoms with Crippen molar-refractivity contribution in [1.29, 1.82) is 0 Å². The Balaban J connectivity index is 1.86. The number of nitrogens with one attached hydrogen (secondary N) is 2. The maximum atomic E-state index is 13.2. The van der Waals surface area contributed by atoms with E-state index in [-0.39, 0.29) is 22.7 Å². The molecule has 0 unspecified atom stereocenters. The smallest absolute Gasteiger partial charge is 0.271 e. The summed E-state index contributed by atoms with van der Waals surface area (Å²) < 4.78 is 41.0. The van der Waals surface area contributed by atoms with Crippen LogP contribution in [0.4, 0.5) is 15.8 Å². The molecule has 0 saturated heterocycles. The van der Waals surface area contributed by atoms with Gasteiger partial charge in [-0.2, -0.15) is 4.72 Å². The minimum absolute atomic E-state index is 0.0298. The van der Waals surface area contributed by atoms with E-state index >= 15 is 0 Å². The van der Waals surface area contributed by atoms with Crippen molar-refractivity contribution >= 4 is 27.3 Å². The zero-order chi connectivity index (χ0) is 22.4. The molecule has 2 N–H and O–H groups in total. The summed E-state index contributed by atoms with van der Waals surface area (Å²) in [6, 6.07) is 17.0. The molecule has 0 aliphatic heterocycles. The minimum Gasteiger partial charge on any atom is -0.324 e. The molecular weight excluding hydrogens is 425 g/mol. The maximum Gasteiger partial charge on any atom is 0.271 e.